The van der Waals surface area contributed by atoms with Gasteiger partial charge in [0.1, 0.15) is 0 Å². The van der Waals surface area contributed by atoms with Crippen molar-refractivity contribution in [2.75, 3.05) is 6.61 Å². The molecule has 1 aromatic rings. The third-order valence-electron chi connectivity index (χ3n) is 2.13. The quantitative estimate of drug-likeness (QED) is 0.683. The predicted molar refractivity (Wildman–Crippen MR) is 44.0 cm³/mol. The second-order valence-electron chi connectivity index (χ2n) is 3.08. The average molecular weight is 178 g/mol. The van der Waals surface area contributed by atoms with E-state index in [9.17, 15) is 0 Å². The van der Waals surface area contributed by atoms with Gasteiger partial charge < -0.3 is 4.74 Å². The van der Waals surface area contributed by atoms with Crippen LogP contribution in [0.4, 0.5) is 0 Å². The van der Waals surface area contributed by atoms with Gasteiger partial charge >= 0.3 is 0 Å². The molecule has 0 saturated heterocycles. The van der Waals surface area contributed by atoms with E-state index < -0.39 is 5.54 Å². The molecular weight excluding hydrogens is 168 g/mol. The Hall–Kier alpha value is -1.57. The normalized spacial score (nSPS) is 17.8. The summed E-state index contributed by atoms with van der Waals surface area (Å²) in [4.78, 5) is 0. The van der Waals surface area contributed by atoms with E-state index in [2.05, 4.69) is 16.4 Å². The molecule has 0 bridgehead atoms. The molecule has 0 spiro atoms. The van der Waals surface area contributed by atoms with Gasteiger partial charge in [-0.1, -0.05) is 10.3 Å². The Morgan fingerprint density at radius 1 is 1.77 bits per heavy atom. The first kappa shape index (κ1) is 8.05. The minimum atomic E-state index is -0.428. The summed E-state index contributed by atoms with van der Waals surface area (Å²) >= 11 is 0. The predicted octanol–water partition coefficient (Wildman–Crippen LogP) is 0.689. The van der Waals surface area contributed by atoms with Crippen molar-refractivity contribution in [1.29, 1.82) is 5.26 Å². The van der Waals surface area contributed by atoms with Gasteiger partial charge in [-0.3, -0.25) is 0 Å². The molecule has 5 nitrogen and oxygen atoms in total. The lowest BCUT2D eigenvalue weighted by atomic mass is 10.3. The average Bonchev–Trinajstić information content (AvgIpc) is 2.82. The third kappa shape index (κ3) is 1.24. The zero-order valence-electron chi connectivity index (χ0n) is 7.40. The number of hydrogen-bond acceptors (Lipinski definition) is 4. The molecular formula is C8H10N4O. The maximum absolute atomic E-state index is 8.87. The van der Waals surface area contributed by atoms with Crippen molar-refractivity contribution in [3.63, 3.8) is 0 Å². The van der Waals surface area contributed by atoms with Crippen LogP contribution in [0.5, 0.6) is 5.88 Å². The Labute approximate surface area is 75.9 Å². The minimum Gasteiger partial charge on any atom is -0.476 e. The summed E-state index contributed by atoms with van der Waals surface area (Å²) in [6.07, 6.45) is 3.40. The molecule has 0 aromatic carbocycles. The molecule has 0 atom stereocenters. The standard InChI is InChI=1S/C8H10N4O/c1-2-13-7-5-12(11-10-7)8(6-9)3-4-8/h5H,2-4H2,1H3. The maximum Gasteiger partial charge on any atom is 0.253 e. The maximum atomic E-state index is 8.87. The Bertz CT molecular complexity index is 347. The fourth-order valence-corrected chi connectivity index (χ4v) is 1.18. The van der Waals surface area contributed by atoms with Crippen LogP contribution in [0.25, 0.3) is 0 Å². The number of nitriles is 1. The van der Waals surface area contributed by atoms with Gasteiger partial charge in [-0.05, 0) is 19.8 Å². The van der Waals surface area contributed by atoms with Gasteiger partial charge in [-0.15, -0.1) is 0 Å². The van der Waals surface area contributed by atoms with Crippen LogP contribution in [-0.4, -0.2) is 21.6 Å². The molecule has 0 amide bonds. The molecule has 1 fully saturated rings. The van der Waals surface area contributed by atoms with Gasteiger partial charge in [0.2, 0.25) is 0 Å². The molecule has 13 heavy (non-hydrogen) atoms. The monoisotopic (exact) mass is 178 g/mol. The summed E-state index contributed by atoms with van der Waals surface area (Å²) in [5.41, 5.74) is -0.428. The van der Waals surface area contributed by atoms with Gasteiger partial charge in [0, 0.05) is 0 Å². The fraction of sp³-hybridized carbons (Fsp3) is 0.625. The second-order valence-corrected chi connectivity index (χ2v) is 3.08. The number of ether oxygens (including phenoxy) is 1. The molecule has 1 saturated carbocycles. The highest BCUT2D eigenvalue weighted by Crippen LogP contribution is 2.42. The van der Waals surface area contributed by atoms with Gasteiger partial charge in [0.25, 0.3) is 5.88 Å². The first-order chi connectivity index (χ1) is 6.30. The first-order valence-corrected chi connectivity index (χ1v) is 4.27. The van der Waals surface area contributed by atoms with Gasteiger partial charge in [0.15, 0.2) is 5.54 Å². The molecule has 1 heterocycles. The van der Waals surface area contributed by atoms with E-state index in [4.69, 9.17) is 10.00 Å². The smallest absolute Gasteiger partial charge is 0.253 e. The van der Waals surface area contributed by atoms with Crippen LogP contribution in [0.15, 0.2) is 6.20 Å². The van der Waals surface area contributed by atoms with Crippen molar-refractivity contribution in [1.82, 2.24) is 15.0 Å². The van der Waals surface area contributed by atoms with Crippen molar-refractivity contribution in [3.05, 3.63) is 6.20 Å². The molecule has 5 heteroatoms. The second kappa shape index (κ2) is 2.73. The van der Waals surface area contributed by atoms with Gasteiger partial charge in [-0.25, -0.2) is 4.68 Å². The van der Waals surface area contributed by atoms with Crippen LogP contribution < -0.4 is 4.74 Å². The van der Waals surface area contributed by atoms with E-state index in [-0.39, 0.29) is 0 Å². The lowest BCUT2D eigenvalue weighted by Crippen LogP contribution is -2.14. The van der Waals surface area contributed by atoms with Crippen molar-refractivity contribution in [2.24, 2.45) is 0 Å². The van der Waals surface area contributed by atoms with E-state index in [1.165, 1.54) is 0 Å². The molecule has 68 valence electrons. The zero-order valence-corrected chi connectivity index (χ0v) is 7.40. The highest BCUT2D eigenvalue weighted by molar-refractivity contribution is 5.17. The fourth-order valence-electron chi connectivity index (χ4n) is 1.18. The zero-order chi connectivity index (χ0) is 9.31. The van der Waals surface area contributed by atoms with E-state index in [1.54, 1.807) is 10.9 Å². The number of rotatable bonds is 3. The number of aromatic nitrogens is 3. The molecule has 1 aliphatic rings. The topological polar surface area (TPSA) is 63.7 Å². The highest BCUT2D eigenvalue weighted by Gasteiger charge is 2.46. The Morgan fingerprint density at radius 2 is 2.54 bits per heavy atom. The first-order valence-electron chi connectivity index (χ1n) is 4.27. The number of nitrogens with zero attached hydrogens (tertiary/aromatic N) is 4. The van der Waals surface area contributed by atoms with Crippen molar-refractivity contribution < 1.29 is 4.74 Å². The molecule has 1 aliphatic carbocycles. The van der Waals surface area contributed by atoms with Crippen LogP contribution in [0, 0.1) is 11.3 Å². The van der Waals surface area contributed by atoms with Crippen LogP contribution in [0.3, 0.4) is 0 Å². The molecule has 1 aromatic heterocycles. The van der Waals surface area contributed by atoms with Gasteiger partial charge in [0.05, 0.1) is 18.9 Å². The number of hydrogen-bond donors (Lipinski definition) is 0. The van der Waals surface area contributed by atoms with E-state index >= 15 is 0 Å². The van der Waals surface area contributed by atoms with E-state index in [0.29, 0.717) is 12.5 Å². The summed E-state index contributed by atoms with van der Waals surface area (Å²) in [5.74, 6) is 0.490. The van der Waals surface area contributed by atoms with Crippen molar-refractivity contribution in [3.8, 4) is 11.9 Å². The Kier molecular flexibility index (Phi) is 1.69. The third-order valence-corrected chi connectivity index (χ3v) is 2.13. The lowest BCUT2D eigenvalue weighted by Gasteiger charge is -2.02. The highest BCUT2D eigenvalue weighted by atomic mass is 16.5. The molecule has 2 rings (SSSR count). The summed E-state index contributed by atoms with van der Waals surface area (Å²) in [6.45, 7) is 2.45. The lowest BCUT2D eigenvalue weighted by molar-refractivity contribution is 0.326. The summed E-state index contributed by atoms with van der Waals surface area (Å²) in [6, 6.07) is 2.23. The van der Waals surface area contributed by atoms with Crippen LogP contribution in [0.2, 0.25) is 0 Å². The van der Waals surface area contributed by atoms with Crippen LogP contribution >= 0.6 is 0 Å². The SMILES string of the molecule is CCOc1cn(C2(C#N)CC2)nn1. The van der Waals surface area contributed by atoms with Gasteiger partial charge in [-0.2, -0.15) is 5.26 Å². The summed E-state index contributed by atoms with van der Waals surface area (Å²) in [5, 5.41) is 16.5. The molecule has 0 unspecified atom stereocenters. The summed E-state index contributed by atoms with van der Waals surface area (Å²) in [7, 11) is 0. The Balaban J connectivity index is 2.19. The summed E-state index contributed by atoms with van der Waals surface area (Å²) < 4.78 is 6.75. The van der Waals surface area contributed by atoms with Crippen molar-refractivity contribution >= 4 is 0 Å². The molecule has 0 radical (unpaired) electrons. The van der Waals surface area contributed by atoms with E-state index in [1.807, 2.05) is 6.92 Å². The largest absolute Gasteiger partial charge is 0.476 e. The minimum absolute atomic E-state index is 0.428. The van der Waals surface area contributed by atoms with Crippen molar-refractivity contribution in [2.45, 2.75) is 25.3 Å². The molecule has 0 aliphatic heterocycles. The van der Waals surface area contributed by atoms with Crippen LogP contribution in [0.1, 0.15) is 19.8 Å². The molecule has 0 N–H and O–H groups in total. The van der Waals surface area contributed by atoms with Crippen LogP contribution in [-0.2, 0) is 5.54 Å². The Morgan fingerprint density at radius 3 is 3.08 bits per heavy atom. The van der Waals surface area contributed by atoms with E-state index in [0.717, 1.165) is 12.8 Å².